The van der Waals surface area contributed by atoms with Crippen LogP contribution in [-0.2, 0) is 4.79 Å². The number of allylic oxidation sites excluding steroid dienone is 2. The van der Waals surface area contributed by atoms with E-state index in [1.54, 1.807) is 0 Å². The highest BCUT2D eigenvalue weighted by Gasteiger charge is 2.19. The molecule has 0 saturated heterocycles. The van der Waals surface area contributed by atoms with Gasteiger partial charge in [-0.2, -0.15) is 0 Å². The summed E-state index contributed by atoms with van der Waals surface area (Å²) >= 11 is 0. The van der Waals surface area contributed by atoms with Gasteiger partial charge in [0.1, 0.15) is 0 Å². The van der Waals surface area contributed by atoms with Gasteiger partial charge < -0.3 is 15.6 Å². The molecule has 2 N–H and O–H groups in total. The van der Waals surface area contributed by atoms with E-state index in [1.165, 1.54) is 0 Å². The Morgan fingerprint density at radius 2 is 2.15 bits per heavy atom. The Hall–Kier alpha value is -1.39. The van der Waals surface area contributed by atoms with E-state index in [2.05, 4.69) is 0 Å². The predicted octanol–water partition coefficient (Wildman–Crippen LogP) is -0.0656. The molecule has 0 aliphatic heterocycles. The fraction of sp³-hybridized carbons (Fsp3) is 0.375. The lowest BCUT2D eigenvalue weighted by Crippen LogP contribution is -2.27. The normalized spacial score (nSPS) is 17.6. The number of hydrogen-bond acceptors (Lipinski definition) is 3. The van der Waals surface area contributed by atoms with Gasteiger partial charge in [-0.05, 0) is 24.5 Å². The van der Waals surface area contributed by atoms with E-state index in [0.29, 0.717) is 0 Å². The average Bonchev–Trinajstić information content (AvgIpc) is 2.03. The van der Waals surface area contributed by atoms with E-state index in [9.17, 15) is 18.7 Å². The highest BCUT2D eigenvalue weighted by molar-refractivity contribution is 5.85. The van der Waals surface area contributed by atoms with Gasteiger partial charge in [0.15, 0.2) is 0 Å². The topological polar surface area (TPSA) is 66.2 Å². The van der Waals surface area contributed by atoms with Crippen molar-refractivity contribution in [3.8, 4) is 0 Å². The summed E-state index contributed by atoms with van der Waals surface area (Å²) < 4.78 is 24.3. The number of aliphatic carboxylic acids is 1. The number of nitrogens with two attached hydrogens (primary N) is 1. The number of carboxylic acid groups (broad SMARTS) is 1. The van der Waals surface area contributed by atoms with Gasteiger partial charge in [-0.25, -0.2) is 8.78 Å². The van der Waals surface area contributed by atoms with Crippen LogP contribution in [0.3, 0.4) is 0 Å². The summed E-state index contributed by atoms with van der Waals surface area (Å²) in [6.45, 7) is 0. The second-order valence-corrected chi connectivity index (χ2v) is 2.74. The van der Waals surface area contributed by atoms with Crippen molar-refractivity contribution in [2.24, 2.45) is 5.73 Å². The van der Waals surface area contributed by atoms with Crippen LogP contribution in [0.25, 0.3) is 0 Å². The van der Waals surface area contributed by atoms with Crippen molar-refractivity contribution in [1.29, 1.82) is 0 Å². The summed E-state index contributed by atoms with van der Waals surface area (Å²) in [6, 6.07) is 0. The highest BCUT2D eigenvalue weighted by Crippen LogP contribution is 2.25. The van der Waals surface area contributed by atoms with Crippen LogP contribution in [0.15, 0.2) is 22.9 Å². The lowest BCUT2D eigenvalue weighted by molar-refractivity contribution is -0.299. The van der Waals surface area contributed by atoms with E-state index >= 15 is 0 Å². The molecule has 0 aromatic rings. The van der Waals surface area contributed by atoms with Crippen LogP contribution in [0.5, 0.6) is 0 Å². The zero-order chi connectivity index (χ0) is 10.0. The van der Waals surface area contributed by atoms with Gasteiger partial charge in [-0.1, -0.05) is 0 Å². The van der Waals surface area contributed by atoms with E-state index in [1.807, 2.05) is 0 Å². The number of carbonyl (C=O) groups is 1. The quantitative estimate of drug-likeness (QED) is 0.659. The number of alkyl halides is 2. The molecule has 72 valence electrons. The summed E-state index contributed by atoms with van der Waals surface area (Å²) in [6.07, 6.45) is -1.52. The van der Waals surface area contributed by atoms with Crippen LogP contribution < -0.4 is 10.8 Å². The predicted molar refractivity (Wildman–Crippen MR) is 39.5 cm³/mol. The molecule has 0 saturated carbocycles. The largest absolute Gasteiger partial charge is 0.545 e. The zero-order valence-electron chi connectivity index (χ0n) is 6.72. The summed E-state index contributed by atoms with van der Waals surface area (Å²) in [5.41, 5.74) is 4.87. The third-order valence-electron chi connectivity index (χ3n) is 1.89. The second kappa shape index (κ2) is 3.55. The molecule has 0 atom stereocenters. The molecule has 1 rings (SSSR count). The van der Waals surface area contributed by atoms with E-state index in [0.717, 1.165) is 6.08 Å². The van der Waals surface area contributed by atoms with Crippen molar-refractivity contribution in [2.75, 3.05) is 0 Å². The van der Waals surface area contributed by atoms with Gasteiger partial charge in [0.2, 0.25) is 0 Å². The molecule has 3 nitrogen and oxygen atoms in total. The number of carbonyl (C=O) groups excluding carboxylic acids is 1. The smallest absolute Gasteiger partial charge is 0.262 e. The van der Waals surface area contributed by atoms with E-state index in [4.69, 9.17) is 5.73 Å². The van der Waals surface area contributed by atoms with Crippen LogP contribution in [-0.4, -0.2) is 12.4 Å². The summed E-state index contributed by atoms with van der Waals surface area (Å²) in [7, 11) is 0. The average molecular weight is 188 g/mol. The second-order valence-electron chi connectivity index (χ2n) is 2.74. The van der Waals surface area contributed by atoms with Crippen molar-refractivity contribution >= 4 is 5.97 Å². The first-order chi connectivity index (χ1) is 6.02. The Balaban J connectivity index is 2.93. The molecular formula is C8H8F2NO2-. The van der Waals surface area contributed by atoms with E-state index < -0.39 is 12.4 Å². The number of carboxylic acids is 1. The van der Waals surface area contributed by atoms with Gasteiger partial charge in [0, 0.05) is 11.3 Å². The minimum absolute atomic E-state index is 0.0106. The standard InChI is InChI=1S/C8H9F2NO2/c9-7(10)5-2-1-4(8(12)13)3-6(5)11/h3,7H,1-2,11H2,(H,12,13)/p-1. The van der Waals surface area contributed by atoms with Crippen LogP contribution in [0.1, 0.15) is 12.8 Å². The first kappa shape index (κ1) is 9.70. The molecule has 1 aliphatic carbocycles. The first-order valence-electron chi connectivity index (χ1n) is 3.71. The molecule has 13 heavy (non-hydrogen) atoms. The lowest BCUT2D eigenvalue weighted by atomic mass is 9.96. The maximum atomic E-state index is 12.2. The number of hydrogen-bond donors (Lipinski definition) is 1. The maximum Gasteiger partial charge on any atom is 0.262 e. The molecule has 0 fully saturated rings. The molecule has 0 spiro atoms. The third-order valence-corrected chi connectivity index (χ3v) is 1.89. The van der Waals surface area contributed by atoms with Gasteiger partial charge >= 0.3 is 0 Å². The minimum Gasteiger partial charge on any atom is -0.545 e. The molecule has 0 bridgehead atoms. The first-order valence-corrected chi connectivity index (χ1v) is 3.71. The number of halogens is 2. The fourth-order valence-electron chi connectivity index (χ4n) is 1.16. The molecule has 0 radical (unpaired) electrons. The Kier molecular flexibility index (Phi) is 2.65. The van der Waals surface area contributed by atoms with Crippen molar-refractivity contribution in [2.45, 2.75) is 19.3 Å². The molecule has 5 heteroatoms. The van der Waals surface area contributed by atoms with Gasteiger partial charge in [0.05, 0.1) is 5.97 Å². The Morgan fingerprint density at radius 3 is 2.54 bits per heavy atom. The van der Waals surface area contributed by atoms with Crippen LogP contribution >= 0.6 is 0 Å². The van der Waals surface area contributed by atoms with E-state index in [-0.39, 0.29) is 29.7 Å². The van der Waals surface area contributed by atoms with Crippen molar-refractivity contribution < 1.29 is 18.7 Å². The fourth-order valence-corrected chi connectivity index (χ4v) is 1.16. The highest BCUT2D eigenvalue weighted by atomic mass is 19.3. The molecular weight excluding hydrogens is 180 g/mol. The molecule has 0 heterocycles. The van der Waals surface area contributed by atoms with Crippen molar-refractivity contribution in [1.82, 2.24) is 0 Å². The lowest BCUT2D eigenvalue weighted by Gasteiger charge is -2.17. The summed E-state index contributed by atoms with van der Waals surface area (Å²) in [5, 5.41) is 10.3. The Morgan fingerprint density at radius 1 is 1.54 bits per heavy atom. The summed E-state index contributed by atoms with van der Waals surface area (Å²) in [5.74, 6) is -1.35. The zero-order valence-corrected chi connectivity index (χ0v) is 6.72. The molecule has 0 aromatic carbocycles. The van der Waals surface area contributed by atoms with Gasteiger partial charge in [-0.15, -0.1) is 0 Å². The van der Waals surface area contributed by atoms with Crippen molar-refractivity contribution in [3.63, 3.8) is 0 Å². The molecule has 0 aromatic heterocycles. The minimum atomic E-state index is -2.61. The van der Waals surface area contributed by atoms with Crippen LogP contribution in [0, 0.1) is 0 Å². The Bertz CT molecular complexity index is 295. The molecule has 0 unspecified atom stereocenters. The van der Waals surface area contributed by atoms with Crippen LogP contribution in [0.2, 0.25) is 0 Å². The SMILES string of the molecule is NC1=C(C(F)F)CCC(C(=O)[O-])=C1. The van der Waals surface area contributed by atoms with Crippen LogP contribution in [0.4, 0.5) is 8.78 Å². The van der Waals surface area contributed by atoms with Crippen molar-refractivity contribution in [3.05, 3.63) is 22.9 Å². The Labute approximate surface area is 73.5 Å². The summed E-state index contributed by atoms with van der Waals surface area (Å²) in [4.78, 5) is 10.3. The van der Waals surface area contributed by atoms with Gasteiger partial charge in [-0.3, -0.25) is 0 Å². The molecule has 0 amide bonds. The maximum absolute atomic E-state index is 12.2. The number of rotatable bonds is 2. The monoisotopic (exact) mass is 188 g/mol. The third kappa shape index (κ3) is 2.05. The molecule has 1 aliphatic rings. The van der Waals surface area contributed by atoms with Gasteiger partial charge in [0.25, 0.3) is 6.43 Å².